The van der Waals surface area contributed by atoms with Crippen molar-refractivity contribution in [3.63, 3.8) is 0 Å². The summed E-state index contributed by atoms with van der Waals surface area (Å²) in [4.78, 5) is 5.65. The van der Waals surface area contributed by atoms with Gasteiger partial charge in [-0.2, -0.15) is 0 Å². The zero-order valence-corrected chi connectivity index (χ0v) is 10.5. The zero-order chi connectivity index (χ0) is 11.5. The highest BCUT2D eigenvalue weighted by atomic mass is 35.5. The molecule has 0 aromatic carbocycles. The van der Waals surface area contributed by atoms with Crippen molar-refractivity contribution in [3.05, 3.63) is 29.0 Å². The van der Waals surface area contributed by atoms with Crippen LogP contribution in [0.3, 0.4) is 0 Å². The molecule has 3 atom stereocenters. The molecule has 0 amide bonds. The summed E-state index contributed by atoms with van der Waals surface area (Å²) >= 11 is 5.76. The third-order valence-electron chi connectivity index (χ3n) is 2.86. The van der Waals surface area contributed by atoms with E-state index in [4.69, 9.17) is 16.3 Å². The summed E-state index contributed by atoms with van der Waals surface area (Å²) in [6.45, 7) is 7.40. The van der Waals surface area contributed by atoms with Crippen LogP contribution in [-0.2, 0) is 11.3 Å². The van der Waals surface area contributed by atoms with Crippen molar-refractivity contribution in [1.82, 2.24) is 4.98 Å². The molecule has 1 unspecified atom stereocenters. The average Bonchev–Trinajstić information content (AvgIpc) is 2.20. The second kappa shape index (κ2) is 5.13. The van der Waals surface area contributed by atoms with E-state index in [1.54, 1.807) is 4.90 Å². The molecule has 1 fully saturated rings. The molecule has 2 heterocycles. The second-order valence-corrected chi connectivity index (χ2v) is 4.97. The van der Waals surface area contributed by atoms with Crippen molar-refractivity contribution in [2.45, 2.75) is 32.6 Å². The molecule has 0 bridgehead atoms. The molecule has 88 valence electrons. The first-order valence-corrected chi connectivity index (χ1v) is 6.10. The van der Waals surface area contributed by atoms with Gasteiger partial charge in [0.2, 0.25) is 0 Å². The van der Waals surface area contributed by atoms with Crippen molar-refractivity contribution in [2.24, 2.45) is 0 Å². The summed E-state index contributed by atoms with van der Waals surface area (Å²) in [5, 5.41) is 0.558. The van der Waals surface area contributed by atoms with Crippen molar-refractivity contribution in [3.8, 4) is 0 Å². The fourth-order valence-electron chi connectivity index (χ4n) is 2.33. The molecule has 0 spiro atoms. The fraction of sp³-hybridized carbons (Fsp3) is 0.583. The Balaban J connectivity index is 1.96. The smallest absolute Gasteiger partial charge is 0.129 e. The maximum Gasteiger partial charge on any atom is 0.129 e. The van der Waals surface area contributed by atoms with Crippen LogP contribution < -0.4 is 4.90 Å². The minimum absolute atomic E-state index is 0.346. The van der Waals surface area contributed by atoms with Crippen LogP contribution in [-0.4, -0.2) is 30.3 Å². The highest BCUT2D eigenvalue weighted by Crippen LogP contribution is 2.05. The number of quaternary nitrogens is 1. The van der Waals surface area contributed by atoms with Crippen molar-refractivity contribution < 1.29 is 9.64 Å². The number of aromatic nitrogens is 1. The maximum atomic E-state index is 5.76. The van der Waals surface area contributed by atoms with Gasteiger partial charge in [0.25, 0.3) is 0 Å². The number of nitrogens with one attached hydrogen (secondary N) is 1. The van der Waals surface area contributed by atoms with Gasteiger partial charge in [-0.05, 0) is 26.0 Å². The molecule has 0 aliphatic carbocycles. The molecule has 1 aromatic rings. The molecule has 1 aliphatic rings. The molecular weight excluding hydrogens is 224 g/mol. The minimum Gasteiger partial charge on any atom is -0.364 e. The predicted octanol–water partition coefficient (Wildman–Crippen LogP) is 0.927. The molecule has 0 saturated carbocycles. The van der Waals surface area contributed by atoms with Gasteiger partial charge in [0.15, 0.2) is 0 Å². The second-order valence-electron chi connectivity index (χ2n) is 4.58. The molecule has 4 heteroatoms. The molecule has 1 N–H and O–H groups in total. The molecular formula is C12H18ClN2O+. The lowest BCUT2D eigenvalue weighted by Gasteiger charge is -2.32. The highest BCUT2D eigenvalue weighted by Gasteiger charge is 2.25. The lowest BCUT2D eigenvalue weighted by Crippen LogP contribution is -3.14. The van der Waals surface area contributed by atoms with E-state index < -0.39 is 0 Å². The average molecular weight is 242 g/mol. The lowest BCUT2D eigenvalue weighted by atomic mass is 10.2. The molecule has 2 rings (SSSR count). The van der Waals surface area contributed by atoms with Crippen LogP contribution in [0.15, 0.2) is 18.3 Å². The molecule has 0 radical (unpaired) electrons. The van der Waals surface area contributed by atoms with E-state index in [1.165, 1.54) is 5.56 Å². The number of rotatable bonds is 2. The van der Waals surface area contributed by atoms with Gasteiger partial charge in [-0.25, -0.2) is 4.98 Å². The summed E-state index contributed by atoms with van der Waals surface area (Å²) in [6, 6.07) is 3.90. The number of halogens is 1. The molecule has 16 heavy (non-hydrogen) atoms. The lowest BCUT2D eigenvalue weighted by molar-refractivity contribution is -0.928. The largest absolute Gasteiger partial charge is 0.364 e. The third kappa shape index (κ3) is 3.17. The number of pyridine rings is 1. The zero-order valence-electron chi connectivity index (χ0n) is 9.74. The highest BCUT2D eigenvalue weighted by molar-refractivity contribution is 6.29. The molecule has 1 saturated heterocycles. The molecule has 3 nitrogen and oxygen atoms in total. The van der Waals surface area contributed by atoms with E-state index in [2.05, 4.69) is 18.8 Å². The summed E-state index contributed by atoms with van der Waals surface area (Å²) < 4.78 is 5.72. The van der Waals surface area contributed by atoms with Crippen LogP contribution in [0.25, 0.3) is 0 Å². The summed E-state index contributed by atoms with van der Waals surface area (Å²) in [6.07, 6.45) is 2.55. The van der Waals surface area contributed by atoms with Crippen molar-refractivity contribution in [2.75, 3.05) is 13.1 Å². The van der Waals surface area contributed by atoms with Crippen LogP contribution in [0.5, 0.6) is 0 Å². The SMILES string of the molecule is C[C@@H]1C[NH+](Cc2ccc(Cl)nc2)C[C@H](C)O1. The van der Waals surface area contributed by atoms with Crippen LogP contribution in [0.4, 0.5) is 0 Å². The monoisotopic (exact) mass is 241 g/mol. The van der Waals surface area contributed by atoms with E-state index in [9.17, 15) is 0 Å². The van der Waals surface area contributed by atoms with Crippen LogP contribution >= 0.6 is 11.6 Å². The van der Waals surface area contributed by atoms with E-state index in [0.717, 1.165) is 19.6 Å². The Morgan fingerprint density at radius 1 is 1.38 bits per heavy atom. The van der Waals surface area contributed by atoms with Crippen LogP contribution in [0, 0.1) is 0 Å². The Labute approximate surface area is 101 Å². The Kier molecular flexibility index (Phi) is 3.79. The maximum absolute atomic E-state index is 5.76. The summed E-state index contributed by atoms with van der Waals surface area (Å²) in [7, 11) is 0. The molecule has 1 aliphatic heterocycles. The van der Waals surface area contributed by atoms with Crippen LogP contribution in [0.2, 0.25) is 5.15 Å². The Morgan fingerprint density at radius 3 is 2.62 bits per heavy atom. The quantitative estimate of drug-likeness (QED) is 0.780. The summed E-state index contributed by atoms with van der Waals surface area (Å²) in [5.41, 5.74) is 1.24. The van der Waals surface area contributed by atoms with Gasteiger partial charge in [0.05, 0.1) is 0 Å². The third-order valence-corrected chi connectivity index (χ3v) is 3.08. The van der Waals surface area contributed by atoms with Gasteiger partial charge in [0, 0.05) is 11.8 Å². The first-order valence-electron chi connectivity index (χ1n) is 5.73. The van der Waals surface area contributed by atoms with E-state index in [0.29, 0.717) is 17.4 Å². The Morgan fingerprint density at radius 2 is 2.06 bits per heavy atom. The van der Waals surface area contributed by atoms with Gasteiger partial charge in [0.1, 0.15) is 37.0 Å². The fourth-order valence-corrected chi connectivity index (χ4v) is 2.45. The van der Waals surface area contributed by atoms with Gasteiger partial charge < -0.3 is 9.64 Å². The number of hydrogen-bond acceptors (Lipinski definition) is 2. The number of morpholine rings is 1. The number of nitrogens with zero attached hydrogens (tertiary/aromatic N) is 1. The van der Waals surface area contributed by atoms with Crippen LogP contribution in [0.1, 0.15) is 19.4 Å². The van der Waals surface area contributed by atoms with E-state index in [1.807, 2.05) is 18.3 Å². The summed E-state index contributed by atoms with van der Waals surface area (Å²) in [5.74, 6) is 0. The van der Waals surface area contributed by atoms with Gasteiger partial charge in [-0.1, -0.05) is 11.6 Å². The van der Waals surface area contributed by atoms with Gasteiger partial charge in [-0.3, -0.25) is 0 Å². The predicted molar refractivity (Wildman–Crippen MR) is 63.7 cm³/mol. The van der Waals surface area contributed by atoms with Gasteiger partial charge >= 0.3 is 0 Å². The standard InChI is InChI=1S/C12H17ClN2O/c1-9-6-15(7-10(2)16-9)8-11-3-4-12(13)14-5-11/h3-5,9-10H,6-8H2,1-2H3/p+1/t9-,10+. The van der Waals surface area contributed by atoms with Crippen molar-refractivity contribution >= 4 is 11.6 Å². The van der Waals surface area contributed by atoms with E-state index in [-0.39, 0.29) is 0 Å². The molecule has 1 aromatic heterocycles. The Bertz CT molecular complexity index is 331. The number of ether oxygens (including phenoxy) is 1. The van der Waals surface area contributed by atoms with Gasteiger partial charge in [-0.15, -0.1) is 0 Å². The van der Waals surface area contributed by atoms with E-state index >= 15 is 0 Å². The first kappa shape index (κ1) is 11.8. The topological polar surface area (TPSA) is 26.6 Å². The number of hydrogen-bond donors (Lipinski definition) is 1. The normalized spacial score (nSPS) is 30.3. The van der Waals surface area contributed by atoms with Crippen molar-refractivity contribution in [1.29, 1.82) is 0 Å². The minimum atomic E-state index is 0.346. The first-order chi connectivity index (χ1) is 7.63. The Hall–Kier alpha value is -0.640.